The number of halogens is 1. The maximum Gasteiger partial charge on any atom is 0.352 e. The lowest BCUT2D eigenvalue weighted by Gasteiger charge is -2.50. The smallest absolute Gasteiger partial charge is 0.352 e. The van der Waals surface area contributed by atoms with Crippen molar-refractivity contribution >= 4 is 57.5 Å². The largest absolute Gasteiger partial charge is 0.477 e. The Bertz CT molecular complexity index is 1280. The maximum atomic E-state index is 13.0. The molecule has 3 saturated heterocycles. The number of carbonyl (C=O) groups is 4. The number of thiazole rings is 1. The molecule has 1 aromatic rings. The lowest BCUT2D eigenvalue weighted by molar-refractivity contribution is -0.155. The summed E-state index contributed by atoms with van der Waals surface area (Å²) >= 11 is 6.89. The minimum Gasteiger partial charge on any atom is -0.477 e. The molecule has 3 amide bonds. The number of anilines is 1. The number of fused-ring (bicyclic) bond motifs is 1. The van der Waals surface area contributed by atoms with E-state index in [1.807, 2.05) is 4.90 Å². The molecule has 15 heteroatoms. The molecule has 0 saturated carbocycles. The van der Waals surface area contributed by atoms with Crippen LogP contribution in [0.25, 0.3) is 0 Å². The maximum absolute atomic E-state index is 13.0. The van der Waals surface area contributed by atoms with E-state index in [0.29, 0.717) is 37.0 Å². The molecule has 0 bridgehead atoms. The minimum atomic E-state index is -1.29. The van der Waals surface area contributed by atoms with E-state index in [1.54, 1.807) is 6.08 Å². The summed E-state index contributed by atoms with van der Waals surface area (Å²) in [6.45, 7) is 2.17. The van der Waals surface area contributed by atoms with Gasteiger partial charge < -0.3 is 31.6 Å². The zero-order valence-electron chi connectivity index (χ0n) is 19.4. The number of hydrogen-bond donors (Lipinski definition) is 5. The summed E-state index contributed by atoms with van der Waals surface area (Å²) in [7, 11) is 0. The number of allylic oxidation sites excluding steroid dienone is 2. The molecule has 4 aliphatic rings. The third kappa shape index (κ3) is 4.34. The summed E-state index contributed by atoms with van der Waals surface area (Å²) in [6.07, 6.45) is 3.67. The minimum absolute atomic E-state index is 0.0395. The summed E-state index contributed by atoms with van der Waals surface area (Å²) < 4.78 is 0.0395. The first-order valence-electron chi connectivity index (χ1n) is 11.7. The van der Waals surface area contributed by atoms with Crippen molar-refractivity contribution in [3.05, 3.63) is 32.9 Å². The van der Waals surface area contributed by atoms with E-state index < -0.39 is 35.6 Å². The molecular weight excluding hydrogens is 526 g/mol. The van der Waals surface area contributed by atoms with Crippen LogP contribution in [0.2, 0.25) is 4.34 Å². The number of β-lactam (4-membered cyclic amide) rings is 1. The average Bonchev–Trinajstić information content (AvgIpc) is 3.59. The van der Waals surface area contributed by atoms with Gasteiger partial charge in [0.1, 0.15) is 21.8 Å². The highest BCUT2D eigenvalue weighted by Crippen LogP contribution is 2.38. The van der Waals surface area contributed by atoms with Gasteiger partial charge in [0.2, 0.25) is 5.91 Å². The van der Waals surface area contributed by atoms with E-state index in [-0.39, 0.29) is 32.8 Å². The molecule has 0 aliphatic carbocycles. The SMILES string of the molecule is Nc1nc(/C(=N\O)C(=O)N[C@@H]2C(=O)N3C(C(=O)O)=C(/C=C4\CCN(C5CCNC5)C4=O)CCC23)c(Cl)s1. The molecule has 4 aliphatic heterocycles. The Morgan fingerprint density at radius 1 is 1.30 bits per heavy atom. The molecule has 37 heavy (non-hydrogen) atoms. The van der Waals surface area contributed by atoms with E-state index in [2.05, 4.69) is 20.8 Å². The molecule has 3 fully saturated rings. The Labute approximate surface area is 219 Å². The van der Waals surface area contributed by atoms with Crippen molar-refractivity contribution in [2.45, 2.75) is 43.8 Å². The Morgan fingerprint density at radius 2 is 2.08 bits per heavy atom. The number of nitrogen functional groups attached to an aromatic ring is 1. The number of carboxylic acid groups (broad SMARTS) is 1. The highest BCUT2D eigenvalue weighted by atomic mass is 35.5. The Hall–Kier alpha value is -3.49. The normalized spacial score (nSPS) is 27.1. The van der Waals surface area contributed by atoms with Crippen LogP contribution in [0.4, 0.5) is 5.13 Å². The number of oxime groups is 1. The molecule has 0 radical (unpaired) electrons. The first-order valence-corrected chi connectivity index (χ1v) is 12.9. The number of carbonyl (C=O) groups excluding carboxylic acids is 3. The number of aromatic nitrogens is 1. The summed E-state index contributed by atoms with van der Waals surface area (Å²) in [4.78, 5) is 57.7. The molecule has 13 nitrogen and oxygen atoms in total. The van der Waals surface area contributed by atoms with Crippen LogP contribution in [0.15, 0.2) is 28.1 Å². The van der Waals surface area contributed by atoms with Gasteiger partial charge in [0.25, 0.3) is 11.8 Å². The summed E-state index contributed by atoms with van der Waals surface area (Å²) in [6, 6.07) is -1.51. The van der Waals surface area contributed by atoms with E-state index in [9.17, 15) is 29.5 Å². The number of nitrogens with two attached hydrogens (primary N) is 1. The standard InChI is InChI=1S/C22H24ClN7O6S/c23-17-14(27-22(24)37-17)15(28-36)18(31)26-13-12-2-1-9(16(21(34)35)30(12)20(13)33)7-10-4-6-29(19(10)32)11-3-5-25-8-11/h7,11-13,25,36H,1-6,8H2,(H2,24,27)(H,26,31)(H,34,35)/b10-7+,28-15+/t11?,12?,13-/m0/s1. The monoisotopic (exact) mass is 549 g/mol. The Morgan fingerprint density at radius 3 is 2.70 bits per heavy atom. The van der Waals surface area contributed by atoms with E-state index >= 15 is 0 Å². The van der Waals surface area contributed by atoms with Crippen LogP contribution in [-0.2, 0) is 19.2 Å². The molecule has 5 rings (SSSR count). The summed E-state index contributed by atoms with van der Waals surface area (Å²) in [5.41, 5.74) is 5.68. The summed E-state index contributed by atoms with van der Waals surface area (Å²) in [5, 5.41) is 28.0. The van der Waals surface area contributed by atoms with Gasteiger partial charge in [-0.25, -0.2) is 9.78 Å². The van der Waals surface area contributed by atoms with Crippen LogP contribution >= 0.6 is 22.9 Å². The van der Waals surface area contributed by atoms with E-state index in [1.165, 1.54) is 0 Å². The fraction of sp³-hybridized carbons (Fsp3) is 0.455. The van der Waals surface area contributed by atoms with Gasteiger partial charge in [0.05, 0.1) is 6.04 Å². The highest BCUT2D eigenvalue weighted by Gasteiger charge is 2.53. The number of hydrogen-bond acceptors (Lipinski definition) is 10. The van der Waals surface area contributed by atoms with Crippen LogP contribution in [0, 0.1) is 0 Å². The van der Waals surface area contributed by atoms with Crippen LogP contribution < -0.4 is 16.4 Å². The van der Waals surface area contributed by atoms with Crippen LogP contribution in [0.5, 0.6) is 0 Å². The fourth-order valence-corrected chi connectivity index (χ4v) is 6.27. The van der Waals surface area contributed by atoms with Gasteiger partial charge in [0, 0.05) is 24.7 Å². The Kier molecular flexibility index (Phi) is 6.64. The van der Waals surface area contributed by atoms with Gasteiger partial charge in [-0.1, -0.05) is 28.1 Å². The second-order valence-corrected chi connectivity index (χ2v) is 10.8. The van der Waals surface area contributed by atoms with E-state index in [4.69, 9.17) is 17.3 Å². The van der Waals surface area contributed by atoms with Crippen LogP contribution in [0.1, 0.15) is 31.4 Å². The molecule has 6 N–H and O–H groups in total. The number of rotatable bonds is 6. The van der Waals surface area contributed by atoms with Crippen LogP contribution in [0.3, 0.4) is 0 Å². The van der Waals surface area contributed by atoms with Crippen molar-refractivity contribution in [1.82, 2.24) is 25.4 Å². The number of amides is 3. The molecule has 3 atom stereocenters. The quantitative estimate of drug-likeness (QED) is 0.106. The second kappa shape index (κ2) is 9.76. The molecule has 5 heterocycles. The predicted octanol–water partition coefficient (Wildman–Crippen LogP) is -0.0943. The van der Waals surface area contributed by atoms with Crippen molar-refractivity contribution < 1.29 is 29.5 Å². The fourth-order valence-electron chi connectivity index (χ4n) is 5.34. The van der Waals surface area contributed by atoms with Crippen molar-refractivity contribution in [1.29, 1.82) is 0 Å². The first kappa shape index (κ1) is 25.2. The molecule has 196 valence electrons. The molecular formula is C22H24ClN7O6S. The second-order valence-electron chi connectivity index (χ2n) is 9.13. The number of likely N-dealkylation sites (tertiary alicyclic amines) is 1. The van der Waals surface area contributed by atoms with Crippen molar-refractivity contribution in [3.8, 4) is 0 Å². The lowest BCUT2D eigenvalue weighted by atomic mass is 9.82. The third-order valence-corrected chi connectivity index (χ3v) is 8.17. The average molecular weight is 550 g/mol. The number of nitrogens with zero attached hydrogens (tertiary/aromatic N) is 4. The van der Waals surface area contributed by atoms with Gasteiger partial charge >= 0.3 is 5.97 Å². The first-order chi connectivity index (χ1) is 17.7. The van der Waals surface area contributed by atoms with Crippen molar-refractivity contribution in [3.63, 3.8) is 0 Å². The predicted molar refractivity (Wildman–Crippen MR) is 132 cm³/mol. The third-order valence-electron chi connectivity index (χ3n) is 7.09. The molecule has 2 unspecified atom stereocenters. The molecule has 0 spiro atoms. The highest BCUT2D eigenvalue weighted by molar-refractivity contribution is 7.19. The summed E-state index contributed by atoms with van der Waals surface area (Å²) in [5.74, 6) is -2.92. The van der Waals surface area contributed by atoms with Crippen molar-refractivity contribution in [2.24, 2.45) is 5.16 Å². The van der Waals surface area contributed by atoms with Gasteiger partial charge in [-0.05, 0) is 43.9 Å². The van der Waals surface area contributed by atoms with Gasteiger partial charge in [-0.15, -0.1) is 0 Å². The topological polar surface area (TPSA) is 191 Å². The number of carboxylic acids is 1. The van der Waals surface area contributed by atoms with Crippen molar-refractivity contribution in [2.75, 3.05) is 25.4 Å². The van der Waals surface area contributed by atoms with Crippen LogP contribution in [-0.4, -0.2) is 92.3 Å². The number of nitrogens with one attached hydrogen (secondary N) is 2. The van der Waals surface area contributed by atoms with Gasteiger partial charge in [-0.2, -0.15) is 0 Å². The zero-order valence-corrected chi connectivity index (χ0v) is 21.0. The molecule has 1 aromatic heterocycles. The molecule has 0 aromatic carbocycles. The van der Waals surface area contributed by atoms with E-state index in [0.717, 1.165) is 35.7 Å². The lowest BCUT2D eigenvalue weighted by Crippen LogP contribution is -2.72. The zero-order chi connectivity index (χ0) is 26.4. The number of aliphatic carboxylic acids is 1. The van der Waals surface area contributed by atoms with Gasteiger partial charge in [-0.3, -0.25) is 19.3 Å². The Balaban J connectivity index is 1.34. The van der Waals surface area contributed by atoms with Gasteiger partial charge in [0.15, 0.2) is 10.8 Å².